The lowest BCUT2D eigenvalue weighted by molar-refractivity contribution is -0.141. The second-order valence-electron chi connectivity index (χ2n) is 11.5. The number of carboxylic acid groups (broad SMARTS) is 2. The summed E-state index contributed by atoms with van der Waals surface area (Å²) in [5, 5.41) is 33.1. The normalized spacial score (nSPS) is 20.4. The van der Waals surface area contributed by atoms with E-state index in [-0.39, 0.29) is 64.0 Å². The van der Waals surface area contributed by atoms with Crippen molar-refractivity contribution < 1.29 is 48.6 Å². The molecule has 0 spiro atoms. The zero-order valence-electron chi connectivity index (χ0n) is 27.4. The van der Waals surface area contributed by atoms with E-state index >= 15 is 0 Å². The van der Waals surface area contributed by atoms with Crippen LogP contribution in [0.15, 0.2) is 35.3 Å². The lowest BCUT2D eigenvalue weighted by Gasteiger charge is -2.26. The van der Waals surface area contributed by atoms with Crippen molar-refractivity contribution in [3.8, 4) is 0 Å². The number of guanidine groups is 1. The molecule has 1 fully saturated rings. The van der Waals surface area contributed by atoms with Crippen LogP contribution in [0, 0.1) is 0 Å². The molecule has 0 saturated carbocycles. The maximum Gasteiger partial charge on any atom is 0.305 e. The Hall–Kier alpha value is -5.75. The molecule has 1 aliphatic rings. The predicted molar refractivity (Wildman–Crippen MR) is 177 cm³/mol. The van der Waals surface area contributed by atoms with E-state index in [1.165, 1.54) is 0 Å². The van der Waals surface area contributed by atoms with Crippen LogP contribution in [0.1, 0.15) is 56.9 Å². The highest BCUT2D eigenvalue weighted by Crippen LogP contribution is 2.09. The standard InChI is InChI=1S/C31H45N9O10/c32-31(33)35-14-6-10-19-27(47)36-17-24(42)37-22(16-26(45)46)30(50)40-21(15-18-7-2-1-3-8-18)29(49)39-20(28(48)38-19)9-4-5-13-34-23(41)11-12-25(43)44/h1-3,7-8,19-22H,4-6,9-17H2,(H,34,41)(H,36,47)(H,37,42)(H,38,48)(H,39,49)(H,40,50)(H,43,44)(H,45,46)(H4,32,33,35)/t19-,20?,21+,22-/m0/s1. The maximum absolute atomic E-state index is 13.7. The van der Waals surface area contributed by atoms with Gasteiger partial charge in [-0.3, -0.25) is 43.3 Å². The molecule has 274 valence electrons. The molecule has 0 aromatic heterocycles. The third-order valence-corrected chi connectivity index (χ3v) is 7.39. The van der Waals surface area contributed by atoms with Crippen LogP contribution in [0.2, 0.25) is 0 Å². The Bertz CT molecular complexity index is 1400. The van der Waals surface area contributed by atoms with E-state index in [0.717, 1.165) is 0 Å². The van der Waals surface area contributed by atoms with Crippen LogP contribution in [0.5, 0.6) is 0 Å². The first-order chi connectivity index (χ1) is 23.7. The Morgan fingerprint density at radius 2 is 1.34 bits per heavy atom. The Balaban J connectivity index is 2.38. The quantitative estimate of drug-likeness (QED) is 0.0467. The number of benzene rings is 1. The first-order valence-electron chi connectivity index (χ1n) is 16.0. The fourth-order valence-electron chi connectivity index (χ4n) is 4.85. The van der Waals surface area contributed by atoms with E-state index in [1.807, 2.05) is 0 Å². The number of carbonyl (C=O) groups is 8. The van der Waals surface area contributed by atoms with Crippen molar-refractivity contribution in [2.45, 2.75) is 82.0 Å². The molecule has 1 aromatic rings. The Morgan fingerprint density at radius 1 is 0.740 bits per heavy atom. The summed E-state index contributed by atoms with van der Waals surface area (Å²) in [5.74, 6) is -7.36. The number of aliphatic imine (C=N–C) groups is 1. The van der Waals surface area contributed by atoms with Gasteiger partial charge in [0.25, 0.3) is 0 Å². The van der Waals surface area contributed by atoms with Crippen molar-refractivity contribution in [2.75, 3.05) is 19.6 Å². The van der Waals surface area contributed by atoms with Gasteiger partial charge in [0.15, 0.2) is 5.96 Å². The SMILES string of the molecule is NC(N)=NCCC[C@@H]1NC(=O)C(CCCCNC(=O)CCC(=O)O)NC(=O)[C@@H](Cc2ccccc2)NC(=O)[C@H](CC(=O)O)NC(=O)CNC1=O. The summed E-state index contributed by atoms with van der Waals surface area (Å²) in [7, 11) is 0. The number of nitrogens with two attached hydrogens (primary N) is 2. The molecule has 0 bridgehead atoms. The highest BCUT2D eigenvalue weighted by atomic mass is 16.4. The molecule has 4 atom stereocenters. The van der Waals surface area contributed by atoms with Gasteiger partial charge in [-0.05, 0) is 37.7 Å². The Morgan fingerprint density at radius 3 is 1.98 bits per heavy atom. The lowest BCUT2D eigenvalue weighted by atomic mass is 10.0. The molecule has 6 amide bonds. The van der Waals surface area contributed by atoms with Crippen molar-refractivity contribution in [1.82, 2.24) is 31.9 Å². The second kappa shape index (κ2) is 21.3. The van der Waals surface area contributed by atoms with Gasteiger partial charge in [-0.1, -0.05) is 30.3 Å². The first-order valence-corrected chi connectivity index (χ1v) is 16.0. The average molecular weight is 704 g/mol. The number of amides is 6. The summed E-state index contributed by atoms with van der Waals surface area (Å²) in [5.41, 5.74) is 11.4. The number of hydrogen-bond donors (Lipinski definition) is 10. The largest absolute Gasteiger partial charge is 0.481 e. The van der Waals surface area contributed by atoms with Crippen LogP contribution < -0.4 is 43.4 Å². The van der Waals surface area contributed by atoms with Gasteiger partial charge < -0.3 is 53.6 Å². The number of carboxylic acids is 2. The molecule has 0 radical (unpaired) electrons. The molecule has 50 heavy (non-hydrogen) atoms. The Labute approximate surface area is 287 Å². The van der Waals surface area contributed by atoms with Gasteiger partial charge in [-0.15, -0.1) is 0 Å². The highest BCUT2D eigenvalue weighted by Gasteiger charge is 2.33. The smallest absolute Gasteiger partial charge is 0.305 e. The molecule has 1 unspecified atom stereocenters. The van der Waals surface area contributed by atoms with Crippen molar-refractivity contribution in [3.05, 3.63) is 35.9 Å². The number of nitrogens with one attached hydrogen (secondary N) is 6. The zero-order valence-corrected chi connectivity index (χ0v) is 27.4. The summed E-state index contributed by atoms with van der Waals surface area (Å²) >= 11 is 0. The number of nitrogens with zero attached hydrogens (tertiary/aromatic N) is 1. The molecule has 1 aliphatic heterocycles. The third-order valence-electron chi connectivity index (χ3n) is 7.39. The monoisotopic (exact) mass is 703 g/mol. The minimum absolute atomic E-state index is 0.0251. The van der Waals surface area contributed by atoms with Gasteiger partial charge in [0.05, 0.1) is 19.4 Å². The number of aliphatic carboxylic acids is 2. The van der Waals surface area contributed by atoms with Crippen LogP contribution in [0.4, 0.5) is 0 Å². The van der Waals surface area contributed by atoms with E-state index in [0.29, 0.717) is 12.0 Å². The molecule has 19 heteroatoms. The highest BCUT2D eigenvalue weighted by molar-refractivity contribution is 5.98. The number of rotatable bonds is 16. The van der Waals surface area contributed by atoms with Gasteiger partial charge >= 0.3 is 11.9 Å². The summed E-state index contributed by atoms with van der Waals surface area (Å²) in [4.78, 5) is 105. The van der Waals surface area contributed by atoms with Gasteiger partial charge in [0.2, 0.25) is 35.4 Å². The first kappa shape index (κ1) is 40.4. The maximum atomic E-state index is 13.7. The van der Waals surface area contributed by atoms with E-state index in [4.69, 9.17) is 16.6 Å². The van der Waals surface area contributed by atoms with Gasteiger partial charge in [-0.2, -0.15) is 0 Å². The molecular formula is C31H45N9O10. The third kappa shape index (κ3) is 15.9. The molecule has 2 rings (SSSR count). The van der Waals surface area contributed by atoms with Crippen LogP contribution in [0.3, 0.4) is 0 Å². The minimum atomic E-state index is -1.61. The molecule has 1 saturated heterocycles. The number of carbonyl (C=O) groups excluding carboxylic acids is 6. The summed E-state index contributed by atoms with van der Waals surface area (Å²) < 4.78 is 0. The molecular weight excluding hydrogens is 658 g/mol. The number of hydrogen-bond acceptors (Lipinski definition) is 9. The van der Waals surface area contributed by atoms with Crippen LogP contribution in [-0.2, 0) is 44.8 Å². The van der Waals surface area contributed by atoms with Gasteiger partial charge in [-0.25, -0.2) is 0 Å². The lowest BCUT2D eigenvalue weighted by Crippen LogP contribution is -2.58. The molecule has 1 heterocycles. The zero-order chi connectivity index (χ0) is 37.1. The van der Waals surface area contributed by atoms with E-state index in [9.17, 15) is 43.5 Å². The Kier molecular flexibility index (Phi) is 17.2. The second-order valence-corrected chi connectivity index (χ2v) is 11.5. The average Bonchev–Trinajstić information content (AvgIpc) is 3.05. The van der Waals surface area contributed by atoms with E-state index in [2.05, 4.69) is 36.9 Å². The molecule has 19 nitrogen and oxygen atoms in total. The van der Waals surface area contributed by atoms with Crippen molar-refractivity contribution >= 4 is 53.3 Å². The fourth-order valence-corrected chi connectivity index (χ4v) is 4.85. The predicted octanol–water partition coefficient (Wildman–Crippen LogP) is -3.02. The molecule has 1 aromatic carbocycles. The van der Waals surface area contributed by atoms with Crippen molar-refractivity contribution in [3.63, 3.8) is 0 Å². The van der Waals surface area contributed by atoms with Crippen LogP contribution in [-0.4, -0.2) is 107 Å². The fraction of sp³-hybridized carbons (Fsp3) is 0.516. The summed E-state index contributed by atoms with van der Waals surface area (Å²) in [6, 6.07) is 3.19. The van der Waals surface area contributed by atoms with Gasteiger partial charge in [0, 0.05) is 25.9 Å². The molecule has 12 N–H and O–H groups in total. The minimum Gasteiger partial charge on any atom is -0.481 e. The van der Waals surface area contributed by atoms with E-state index < -0.39 is 84.5 Å². The van der Waals surface area contributed by atoms with Crippen LogP contribution >= 0.6 is 0 Å². The van der Waals surface area contributed by atoms with Crippen LogP contribution in [0.25, 0.3) is 0 Å². The molecule has 0 aliphatic carbocycles. The van der Waals surface area contributed by atoms with E-state index in [1.54, 1.807) is 30.3 Å². The van der Waals surface area contributed by atoms with Crippen molar-refractivity contribution in [1.29, 1.82) is 0 Å². The van der Waals surface area contributed by atoms with Crippen molar-refractivity contribution in [2.24, 2.45) is 16.5 Å². The van der Waals surface area contributed by atoms with Gasteiger partial charge in [0.1, 0.15) is 24.2 Å². The summed E-state index contributed by atoms with van der Waals surface area (Å²) in [6.45, 7) is -0.378. The topological polar surface area (TPSA) is 314 Å². The summed E-state index contributed by atoms with van der Waals surface area (Å²) in [6.07, 6.45) is -0.502. The number of unbranched alkanes of at least 4 members (excludes halogenated alkanes) is 1.